The Morgan fingerprint density at radius 1 is 0.857 bits per heavy atom. The van der Waals surface area contributed by atoms with Crippen molar-refractivity contribution >= 4 is 0 Å². The molecule has 0 unspecified atom stereocenters. The summed E-state index contributed by atoms with van der Waals surface area (Å²) < 4.78 is 22.1. The summed E-state index contributed by atoms with van der Waals surface area (Å²) in [6.07, 6.45) is -5.33. The van der Waals surface area contributed by atoms with Gasteiger partial charge in [0.15, 0.2) is 6.29 Å². The fourth-order valence-corrected chi connectivity index (χ4v) is 3.06. The van der Waals surface area contributed by atoms with Gasteiger partial charge in [0.05, 0.1) is 26.9 Å². The van der Waals surface area contributed by atoms with E-state index in [2.05, 4.69) is 0 Å². The number of ether oxygens (including phenoxy) is 4. The normalized spacial score (nSPS) is 27.5. The molecular weight excluding hydrogens is 364 g/mol. The Morgan fingerprint density at radius 3 is 2.14 bits per heavy atom. The largest absolute Gasteiger partial charge is 0.497 e. The van der Waals surface area contributed by atoms with Gasteiger partial charge in [-0.3, -0.25) is 0 Å². The van der Waals surface area contributed by atoms with E-state index in [-0.39, 0.29) is 19.8 Å². The molecule has 28 heavy (non-hydrogen) atoms. The monoisotopic (exact) mass is 390 g/mol. The SMILES string of the molecule is COc1ccc(CO[C@@H]2O[C@H](CO)[C@@H](OCc3ccccc3)[C@H](O)[C@H]2O)cc1. The standard InChI is InChI=1S/C21H26O7/c1-25-16-9-7-15(8-10-16)13-27-21-19(24)18(23)20(17(11-22)28-21)26-12-14-5-3-2-4-6-14/h2-10,17-24H,11-13H2,1H3/t17-,18-,19-,20-,21-/m1/s1. The molecule has 152 valence electrons. The van der Waals surface area contributed by atoms with E-state index in [9.17, 15) is 15.3 Å². The van der Waals surface area contributed by atoms with Gasteiger partial charge in [-0.1, -0.05) is 42.5 Å². The second kappa shape index (κ2) is 9.97. The lowest BCUT2D eigenvalue weighted by Gasteiger charge is -2.41. The zero-order valence-electron chi connectivity index (χ0n) is 15.7. The molecular formula is C21H26O7. The predicted molar refractivity (Wildman–Crippen MR) is 101 cm³/mol. The van der Waals surface area contributed by atoms with Crippen molar-refractivity contribution in [2.24, 2.45) is 0 Å². The molecule has 0 aromatic heterocycles. The molecule has 1 saturated heterocycles. The molecule has 0 spiro atoms. The van der Waals surface area contributed by atoms with Crippen LogP contribution in [0.5, 0.6) is 5.75 Å². The summed E-state index contributed by atoms with van der Waals surface area (Å²) in [5.74, 6) is 0.729. The van der Waals surface area contributed by atoms with Crippen LogP contribution in [0.4, 0.5) is 0 Å². The van der Waals surface area contributed by atoms with E-state index in [0.717, 1.165) is 16.9 Å². The Labute approximate surface area is 164 Å². The van der Waals surface area contributed by atoms with Gasteiger partial charge in [0.1, 0.15) is 30.2 Å². The highest BCUT2D eigenvalue weighted by Gasteiger charge is 2.45. The first-order valence-corrected chi connectivity index (χ1v) is 9.15. The third-order valence-corrected chi connectivity index (χ3v) is 4.68. The number of hydrogen-bond acceptors (Lipinski definition) is 7. The molecule has 0 aliphatic carbocycles. The molecule has 7 heteroatoms. The van der Waals surface area contributed by atoms with E-state index >= 15 is 0 Å². The molecule has 0 radical (unpaired) electrons. The molecule has 0 bridgehead atoms. The van der Waals surface area contributed by atoms with Crippen molar-refractivity contribution in [1.29, 1.82) is 0 Å². The molecule has 3 rings (SSSR count). The van der Waals surface area contributed by atoms with Crippen LogP contribution in [0.3, 0.4) is 0 Å². The first-order valence-electron chi connectivity index (χ1n) is 9.15. The van der Waals surface area contributed by atoms with E-state index in [1.165, 1.54) is 0 Å². The van der Waals surface area contributed by atoms with Crippen LogP contribution in [0.25, 0.3) is 0 Å². The Kier molecular flexibility index (Phi) is 7.38. The third kappa shape index (κ3) is 5.08. The maximum Gasteiger partial charge on any atom is 0.187 e. The highest BCUT2D eigenvalue weighted by atomic mass is 16.7. The minimum absolute atomic E-state index is 0.173. The molecule has 2 aromatic rings. The quantitative estimate of drug-likeness (QED) is 0.624. The van der Waals surface area contributed by atoms with Gasteiger partial charge in [0.2, 0.25) is 0 Å². The topological polar surface area (TPSA) is 97.6 Å². The number of aliphatic hydroxyl groups excluding tert-OH is 3. The highest BCUT2D eigenvalue weighted by molar-refractivity contribution is 5.26. The third-order valence-electron chi connectivity index (χ3n) is 4.68. The molecule has 7 nitrogen and oxygen atoms in total. The first-order chi connectivity index (χ1) is 13.6. The first kappa shape index (κ1) is 20.7. The summed E-state index contributed by atoms with van der Waals surface area (Å²) in [5.41, 5.74) is 1.77. The van der Waals surface area contributed by atoms with Crippen molar-refractivity contribution in [3.63, 3.8) is 0 Å². The Bertz CT molecular complexity index is 704. The second-order valence-electron chi connectivity index (χ2n) is 6.63. The molecule has 5 atom stereocenters. The van der Waals surface area contributed by atoms with Crippen LogP contribution >= 0.6 is 0 Å². The molecule has 2 aromatic carbocycles. The summed E-state index contributed by atoms with van der Waals surface area (Å²) in [6.45, 7) is 0.0320. The maximum absolute atomic E-state index is 10.5. The van der Waals surface area contributed by atoms with Gasteiger partial charge >= 0.3 is 0 Å². The van der Waals surface area contributed by atoms with Crippen molar-refractivity contribution in [3.8, 4) is 5.75 Å². The fourth-order valence-electron chi connectivity index (χ4n) is 3.06. The highest BCUT2D eigenvalue weighted by Crippen LogP contribution is 2.26. The second-order valence-corrected chi connectivity index (χ2v) is 6.63. The van der Waals surface area contributed by atoms with E-state index in [4.69, 9.17) is 18.9 Å². The lowest BCUT2D eigenvalue weighted by molar-refractivity contribution is -0.311. The van der Waals surface area contributed by atoms with Crippen molar-refractivity contribution in [3.05, 3.63) is 65.7 Å². The van der Waals surface area contributed by atoms with E-state index < -0.39 is 30.7 Å². The number of methoxy groups -OCH3 is 1. The van der Waals surface area contributed by atoms with Crippen LogP contribution in [0, 0.1) is 0 Å². The van der Waals surface area contributed by atoms with Crippen LogP contribution in [-0.4, -0.2) is 59.7 Å². The van der Waals surface area contributed by atoms with Crippen LogP contribution in [0.2, 0.25) is 0 Å². The molecule has 1 aliphatic rings. The van der Waals surface area contributed by atoms with Gasteiger partial charge in [-0.25, -0.2) is 0 Å². The Morgan fingerprint density at radius 2 is 1.50 bits per heavy atom. The Hall–Kier alpha value is -2.00. The molecule has 3 N–H and O–H groups in total. The van der Waals surface area contributed by atoms with Gasteiger partial charge in [-0.2, -0.15) is 0 Å². The minimum Gasteiger partial charge on any atom is -0.497 e. The molecule has 0 amide bonds. The van der Waals surface area contributed by atoms with Crippen LogP contribution < -0.4 is 4.74 Å². The van der Waals surface area contributed by atoms with Crippen LogP contribution in [0.1, 0.15) is 11.1 Å². The number of rotatable bonds is 8. The zero-order valence-corrected chi connectivity index (χ0v) is 15.7. The molecule has 1 heterocycles. The van der Waals surface area contributed by atoms with Crippen molar-refractivity contribution in [1.82, 2.24) is 0 Å². The Balaban J connectivity index is 1.58. The summed E-state index contributed by atoms with van der Waals surface area (Å²) in [5, 5.41) is 30.5. The molecule has 1 fully saturated rings. The average Bonchev–Trinajstić information content (AvgIpc) is 2.75. The fraction of sp³-hybridized carbons (Fsp3) is 0.429. The zero-order chi connectivity index (χ0) is 19.9. The number of aliphatic hydroxyl groups is 3. The lowest BCUT2D eigenvalue weighted by atomic mass is 9.99. The smallest absolute Gasteiger partial charge is 0.187 e. The number of hydrogen-bond donors (Lipinski definition) is 3. The molecule has 0 saturated carbocycles. The number of benzene rings is 2. The maximum atomic E-state index is 10.5. The summed E-state index contributed by atoms with van der Waals surface area (Å²) >= 11 is 0. The predicted octanol–water partition coefficient (Wildman–Crippen LogP) is 1.24. The van der Waals surface area contributed by atoms with Crippen molar-refractivity contribution < 1.29 is 34.3 Å². The van der Waals surface area contributed by atoms with Gasteiger partial charge in [0.25, 0.3) is 0 Å². The van der Waals surface area contributed by atoms with Gasteiger partial charge in [-0.15, -0.1) is 0 Å². The van der Waals surface area contributed by atoms with Gasteiger partial charge in [-0.05, 0) is 23.3 Å². The average molecular weight is 390 g/mol. The summed E-state index contributed by atoms with van der Waals surface area (Å²) in [4.78, 5) is 0. The molecule has 1 aliphatic heterocycles. The van der Waals surface area contributed by atoms with Gasteiger partial charge < -0.3 is 34.3 Å². The van der Waals surface area contributed by atoms with Crippen molar-refractivity contribution in [2.45, 2.75) is 43.9 Å². The lowest BCUT2D eigenvalue weighted by Crippen LogP contribution is -2.60. The van der Waals surface area contributed by atoms with E-state index in [0.29, 0.717) is 0 Å². The van der Waals surface area contributed by atoms with Gasteiger partial charge in [0, 0.05) is 0 Å². The van der Waals surface area contributed by atoms with Crippen molar-refractivity contribution in [2.75, 3.05) is 13.7 Å². The van der Waals surface area contributed by atoms with Crippen LogP contribution in [-0.2, 0) is 27.4 Å². The van der Waals surface area contributed by atoms with E-state index in [1.54, 1.807) is 19.2 Å². The van der Waals surface area contributed by atoms with Crippen LogP contribution in [0.15, 0.2) is 54.6 Å². The summed E-state index contributed by atoms with van der Waals surface area (Å²) in [6, 6.07) is 16.7. The van der Waals surface area contributed by atoms with E-state index in [1.807, 2.05) is 42.5 Å². The minimum atomic E-state index is -1.30. The summed E-state index contributed by atoms with van der Waals surface area (Å²) in [7, 11) is 1.59.